The van der Waals surface area contributed by atoms with E-state index < -0.39 is 0 Å². The van der Waals surface area contributed by atoms with Crippen LogP contribution in [-0.4, -0.2) is 33.5 Å². The molecule has 9 heteroatoms. The third-order valence-corrected chi connectivity index (χ3v) is 5.57. The van der Waals surface area contributed by atoms with Gasteiger partial charge in [0.1, 0.15) is 11.3 Å². The van der Waals surface area contributed by atoms with E-state index in [1.807, 2.05) is 49.4 Å². The van der Waals surface area contributed by atoms with Gasteiger partial charge in [-0.1, -0.05) is 6.07 Å². The molecule has 0 unspecified atom stereocenters. The van der Waals surface area contributed by atoms with E-state index in [1.165, 1.54) is 4.57 Å². The molecule has 0 atom stereocenters. The van der Waals surface area contributed by atoms with Crippen molar-refractivity contribution in [1.29, 1.82) is 0 Å². The molecule has 0 radical (unpaired) electrons. The van der Waals surface area contributed by atoms with E-state index in [9.17, 15) is 9.59 Å². The van der Waals surface area contributed by atoms with Crippen LogP contribution >= 0.6 is 0 Å². The molecule has 1 N–H and O–H groups in total. The number of hydrogen-bond acceptors (Lipinski definition) is 6. The van der Waals surface area contributed by atoms with Gasteiger partial charge in [0.2, 0.25) is 12.7 Å². The lowest BCUT2D eigenvalue weighted by atomic mass is 10.1. The molecule has 9 nitrogen and oxygen atoms in total. The zero-order valence-corrected chi connectivity index (χ0v) is 18.7. The molecule has 174 valence electrons. The molecule has 4 aromatic rings. The normalized spacial score (nSPS) is 12.1. The van der Waals surface area contributed by atoms with Gasteiger partial charge in [-0.3, -0.25) is 9.59 Å². The molecule has 3 heterocycles. The minimum atomic E-state index is -0.198. The average molecular weight is 460 g/mol. The molecular formula is C25H24N4O5. The van der Waals surface area contributed by atoms with Crippen LogP contribution in [0.3, 0.4) is 0 Å². The van der Waals surface area contributed by atoms with Gasteiger partial charge in [-0.2, -0.15) is 5.10 Å². The summed E-state index contributed by atoms with van der Waals surface area (Å²) in [6, 6.07) is 14.9. The van der Waals surface area contributed by atoms with Crippen molar-refractivity contribution < 1.29 is 19.0 Å². The number of aryl methyl sites for hydroxylation is 1. The highest BCUT2D eigenvalue weighted by Gasteiger charge is 2.14. The first-order valence-corrected chi connectivity index (χ1v) is 11.1. The Balaban J connectivity index is 1.23. The summed E-state index contributed by atoms with van der Waals surface area (Å²) in [5.74, 6) is 2.02. The molecule has 2 aromatic heterocycles. The van der Waals surface area contributed by atoms with Gasteiger partial charge in [-0.15, -0.1) is 0 Å². The Labute approximate surface area is 195 Å². The topological polar surface area (TPSA) is 96.1 Å². The Morgan fingerprint density at radius 2 is 1.91 bits per heavy atom. The summed E-state index contributed by atoms with van der Waals surface area (Å²) in [7, 11) is 0. The summed E-state index contributed by atoms with van der Waals surface area (Å²) in [6.07, 6.45) is 3.55. The molecule has 34 heavy (non-hydrogen) atoms. The fourth-order valence-electron chi connectivity index (χ4n) is 3.79. The molecule has 1 aliphatic heterocycles. The Kier molecular flexibility index (Phi) is 5.90. The zero-order valence-electron chi connectivity index (χ0n) is 18.7. The number of ether oxygens (including phenoxy) is 3. The van der Waals surface area contributed by atoms with E-state index in [4.69, 9.17) is 14.2 Å². The SMILES string of the molecule is CCOc1ccc(-c2cc3c(=O)n(CCC(=O)NCc4ccc5c(c4)OCO5)ccn3n2)cc1. The van der Waals surface area contributed by atoms with Crippen LogP contribution in [0.5, 0.6) is 17.2 Å². The molecule has 0 fully saturated rings. The molecule has 0 saturated carbocycles. The van der Waals surface area contributed by atoms with E-state index >= 15 is 0 Å². The van der Waals surface area contributed by atoms with Gasteiger partial charge in [-0.05, 0) is 55.0 Å². The fraction of sp³-hybridized carbons (Fsp3) is 0.240. The first-order chi connectivity index (χ1) is 16.6. The zero-order chi connectivity index (χ0) is 23.5. The number of carbonyl (C=O) groups is 1. The molecule has 0 bridgehead atoms. The van der Waals surface area contributed by atoms with Gasteiger partial charge >= 0.3 is 0 Å². The van der Waals surface area contributed by atoms with Crippen molar-refractivity contribution in [2.75, 3.05) is 13.4 Å². The number of amides is 1. The molecule has 0 aliphatic carbocycles. The van der Waals surface area contributed by atoms with Crippen molar-refractivity contribution in [3.05, 3.63) is 76.8 Å². The number of rotatable bonds is 8. The molecule has 0 saturated heterocycles. The van der Waals surface area contributed by atoms with Crippen molar-refractivity contribution in [3.63, 3.8) is 0 Å². The molecule has 1 amide bonds. The second kappa shape index (κ2) is 9.30. The number of benzene rings is 2. The monoisotopic (exact) mass is 460 g/mol. The third kappa shape index (κ3) is 4.45. The second-order valence-electron chi connectivity index (χ2n) is 7.83. The van der Waals surface area contributed by atoms with Crippen LogP contribution in [-0.2, 0) is 17.9 Å². The maximum Gasteiger partial charge on any atom is 0.276 e. The predicted molar refractivity (Wildman–Crippen MR) is 125 cm³/mol. The van der Waals surface area contributed by atoms with Crippen LogP contribution < -0.4 is 25.1 Å². The Morgan fingerprint density at radius 3 is 2.74 bits per heavy atom. The van der Waals surface area contributed by atoms with Gasteiger partial charge in [0.05, 0.1) is 12.3 Å². The molecule has 0 spiro atoms. The van der Waals surface area contributed by atoms with Crippen LogP contribution in [0.2, 0.25) is 0 Å². The first kappa shape index (κ1) is 21.6. The van der Waals surface area contributed by atoms with E-state index in [1.54, 1.807) is 23.0 Å². The second-order valence-corrected chi connectivity index (χ2v) is 7.83. The maximum atomic E-state index is 12.9. The van der Waals surface area contributed by atoms with Crippen LogP contribution in [0.4, 0.5) is 0 Å². The van der Waals surface area contributed by atoms with Gasteiger partial charge < -0.3 is 24.1 Å². The van der Waals surface area contributed by atoms with E-state index in [-0.39, 0.29) is 31.2 Å². The standard InChI is InChI=1S/C25H24N4O5/c1-2-32-19-6-4-18(5-7-19)20-14-21-25(31)28(11-12-29(21)27-20)10-9-24(30)26-15-17-3-8-22-23(13-17)34-16-33-22/h3-8,11-14H,2,9-10,15-16H2,1H3,(H,26,30). The maximum absolute atomic E-state index is 12.9. The molecule has 5 rings (SSSR count). The Hall–Kier alpha value is -4.27. The summed E-state index contributed by atoms with van der Waals surface area (Å²) in [5, 5.41) is 7.39. The van der Waals surface area contributed by atoms with E-state index in [0.717, 1.165) is 16.9 Å². The van der Waals surface area contributed by atoms with Crippen molar-refractivity contribution in [2.45, 2.75) is 26.4 Å². The smallest absolute Gasteiger partial charge is 0.276 e. The third-order valence-electron chi connectivity index (χ3n) is 5.57. The summed E-state index contributed by atoms with van der Waals surface area (Å²) in [5.41, 5.74) is 2.75. The number of nitrogens with zero attached hydrogens (tertiary/aromatic N) is 3. The highest BCUT2D eigenvalue weighted by atomic mass is 16.7. The van der Waals surface area contributed by atoms with E-state index in [0.29, 0.717) is 35.9 Å². The lowest BCUT2D eigenvalue weighted by Crippen LogP contribution is -2.27. The van der Waals surface area contributed by atoms with Crippen LogP contribution in [0.25, 0.3) is 16.8 Å². The van der Waals surface area contributed by atoms with E-state index in [2.05, 4.69) is 10.4 Å². The van der Waals surface area contributed by atoms with Crippen LogP contribution in [0.15, 0.2) is 65.7 Å². The van der Waals surface area contributed by atoms with Crippen molar-refractivity contribution in [3.8, 4) is 28.5 Å². The van der Waals surface area contributed by atoms with Crippen molar-refractivity contribution in [1.82, 2.24) is 19.5 Å². The number of carbonyl (C=O) groups excluding carboxylic acids is 1. The van der Waals surface area contributed by atoms with Gasteiger partial charge in [0.25, 0.3) is 5.56 Å². The summed E-state index contributed by atoms with van der Waals surface area (Å²) < 4.78 is 19.2. The molecule has 1 aliphatic rings. The summed E-state index contributed by atoms with van der Waals surface area (Å²) >= 11 is 0. The summed E-state index contributed by atoms with van der Waals surface area (Å²) in [6.45, 7) is 3.39. The van der Waals surface area contributed by atoms with Crippen LogP contribution in [0.1, 0.15) is 18.9 Å². The van der Waals surface area contributed by atoms with Crippen molar-refractivity contribution in [2.24, 2.45) is 0 Å². The molecule has 2 aromatic carbocycles. The highest BCUT2D eigenvalue weighted by Crippen LogP contribution is 2.32. The lowest BCUT2D eigenvalue weighted by molar-refractivity contribution is -0.121. The Morgan fingerprint density at radius 1 is 1.09 bits per heavy atom. The molecular weight excluding hydrogens is 436 g/mol. The number of fused-ring (bicyclic) bond motifs is 2. The van der Waals surface area contributed by atoms with Crippen molar-refractivity contribution >= 4 is 11.4 Å². The van der Waals surface area contributed by atoms with Gasteiger partial charge in [0, 0.05) is 37.5 Å². The quantitative estimate of drug-likeness (QED) is 0.434. The first-order valence-electron chi connectivity index (χ1n) is 11.1. The Bertz CT molecular complexity index is 1390. The average Bonchev–Trinajstić information content (AvgIpc) is 3.50. The minimum absolute atomic E-state index is 0.145. The summed E-state index contributed by atoms with van der Waals surface area (Å²) in [4.78, 5) is 25.3. The minimum Gasteiger partial charge on any atom is -0.494 e. The largest absolute Gasteiger partial charge is 0.494 e. The number of nitrogens with one attached hydrogen (secondary N) is 1. The van der Waals surface area contributed by atoms with Crippen LogP contribution in [0, 0.1) is 0 Å². The highest BCUT2D eigenvalue weighted by molar-refractivity contribution is 5.75. The lowest BCUT2D eigenvalue weighted by Gasteiger charge is -2.08. The number of hydrogen-bond donors (Lipinski definition) is 1. The fourth-order valence-corrected chi connectivity index (χ4v) is 3.79. The number of aromatic nitrogens is 3. The predicted octanol–water partition coefficient (Wildman–Crippen LogP) is 3.00. The van der Waals surface area contributed by atoms with Gasteiger partial charge in [-0.25, -0.2) is 4.52 Å². The van der Waals surface area contributed by atoms with Gasteiger partial charge in [0.15, 0.2) is 11.5 Å².